The zero-order chi connectivity index (χ0) is 10.1. The third kappa shape index (κ3) is 1.26. The van der Waals surface area contributed by atoms with E-state index in [4.69, 9.17) is 10.3 Å². The number of hydrogen-bond acceptors (Lipinski definition) is 3. The fraction of sp³-hybridized carbons (Fsp3) is 0.111. The van der Waals surface area contributed by atoms with E-state index in [2.05, 4.69) is 4.84 Å². The van der Waals surface area contributed by atoms with Gasteiger partial charge in [-0.05, 0) is 6.07 Å². The lowest BCUT2D eigenvalue weighted by Crippen LogP contribution is -2.02. The van der Waals surface area contributed by atoms with E-state index >= 15 is 0 Å². The van der Waals surface area contributed by atoms with Gasteiger partial charge in [0.05, 0.1) is 12.9 Å². The summed E-state index contributed by atoms with van der Waals surface area (Å²) in [5, 5.41) is 0.341. The molecule has 14 heavy (non-hydrogen) atoms. The molecular formula is C9H7F2NO2. The first-order valence-electron chi connectivity index (χ1n) is 3.90. The van der Waals surface area contributed by atoms with Crippen LogP contribution in [-0.2, 0) is 11.4 Å². The van der Waals surface area contributed by atoms with E-state index in [1.165, 1.54) is 12.3 Å². The molecule has 0 spiro atoms. The molecule has 74 valence electrons. The molecule has 5 heteroatoms. The molecule has 0 fully saturated rings. The van der Waals surface area contributed by atoms with E-state index in [9.17, 15) is 8.78 Å². The Bertz CT molecular complexity index is 467. The number of hydrogen-bond donors (Lipinski definition) is 1. The number of furan rings is 1. The highest BCUT2D eigenvalue weighted by atomic mass is 19.1. The second-order valence-electron chi connectivity index (χ2n) is 2.79. The Morgan fingerprint density at radius 3 is 2.86 bits per heavy atom. The van der Waals surface area contributed by atoms with Crippen LogP contribution in [0.3, 0.4) is 0 Å². The van der Waals surface area contributed by atoms with Crippen molar-refractivity contribution >= 4 is 11.0 Å². The highest BCUT2D eigenvalue weighted by Gasteiger charge is 2.14. The van der Waals surface area contributed by atoms with Crippen LogP contribution in [0, 0.1) is 11.6 Å². The van der Waals surface area contributed by atoms with Gasteiger partial charge in [0.15, 0.2) is 11.4 Å². The second kappa shape index (κ2) is 3.36. The lowest BCUT2D eigenvalue weighted by atomic mass is 10.1. The van der Waals surface area contributed by atoms with Gasteiger partial charge < -0.3 is 4.42 Å². The summed E-state index contributed by atoms with van der Waals surface area (Å²) in [4.78, 5) is 4.32. The molecule has 0 radical (unpaired) electrons. The van der Waals surface area contributed by atoms with Crippen LogP contribution < -0.4 is 5.90 Å². The third-order valence-corrected chi connectivity index (χ3v) is 1.98. The van der Waals surface area contributed by atoms with Crippen LogP contribution in [0.4, 0.5) is 8.78 Å². The van der Waals surface area contributed by atoms with Gasteiger partial charge >= 0.3 is 0 Å². The number of halogens is 2. The summed E-state index contributed by atoms with van der Waals surface area (Å²) in [6.45, 7) is -0.123. The van der Waals surface area contributed by atoms with Gasteiger partial charge in [-0.2, -0.15) is 0 Å². The van der Waals surface area contributed by atoms with Gasteiger partial charge in [0, 0.05) is 17.0 Å². The maximum absolute atomic E-state index is 13.2. The van der Waals surface area contributed by atoms with Gasteiger partial charge in [-0.3, -0.25) is 4.84 Å². The smallest absolute Gasteiger partial charge is 0.170 e. The molecule has 0 amide bonds. The Kier molecular flexibility index (Phi) is 2.18. The highest BCUT2D eigenvalue weighted by molar-refractivity contribution is 5.81. The summed E-state index contributed by atoms with van der Waals surface area (Å²) in [5.74, 6) is 3.41. The topological polar surface area (TPSA) is 48.4 Å². The lowest BCUT2D eigenvalue weighted by molar-refractivity contribution is 0.122. The fourth-order valence-corrected chi connectivity index (χ4v) is 1.35. The van der Waals surface area contributed by atoms with Crippen molar-refractivity contribution in [2.45, 2.75) is 6.61 Å². The van der Waals surface area contributed by atoms with E-state index in [-0.39, 0.29) is 17.8 Å². The van der Waals surface area contributed by atoms with Gasteiger partial charge in [0.25, 0.3) is 0 Å². The van der Waals surface area contributed by atoms with Crippen molar-refractivity contribution < 1.29 is 18.0 Å². The third-order valence-electron chi connectivity index (χ3n) is 1.98. The monoisotopic (exact) mass is 199 g/mol. The van der Waals surface area contributed by atoms with E-state index in [1.54, 1.807) is 0 Å². The predicted octanol–water partition coefficient (Wildman–Crippen LogP) is 2.10. The normalized spacial score (nSPS) is 11.1. The van der Waals surface area contributed by atoms with E-state index in [1.807, 2.05) is 0 Å². The summed E-state index contributed by atoms with van der Waals surface area (Å²) < 4.78 is 31.2. The van der Waals surface area contributed by atoms with Gasteiger partial charge in [-0.1, -0.05) is 0 Å². The average molecular weight is 199 g/mol. The molecule has 2 aromatic rings. The molecule has 0 unspecified atom stereocenters. The molecule has 2 N–H and O–H groups in total. The number of benzene rings is 1. The van der Waals surface area contributed by atoms with Crippen LogP contribution >= 0.6 is 0 Å². The minimum Gasteiger partial charge on any atom is -0.461 e. The Morgan fingerprint density at radius 1 is 1.36 bits per heavy atom. The van der Waals surface area contributed by atoms with Crippen LogP contribution in [0.15, 0.2) is 22.8 Å². The molecule has 0 saturated carbocycles. The number of rotatable bonds is 2. The van der Waals surface area contributed by atoms with Crippen molar-refractivity contribution in [2.75, 3.05) is 0 Å². The Morgan fingerprint density at radius 2 is 2.14 bits per heavy atom. The molecule has 0 aliphatic carbocycles. The quantitative estimate of drug-likeness (QED) is 0.753. The second-order valence-corrected chi connectivity index (χ2v) is 2.79. The molecule has 1 aromatic carbocycles. The predicted molar refractivity (Wildman–Crippen MR) is 45.1 cm³/mol. The molecule has 0 aliphatic rings. The Labute approximate surface area is 78.0 Å². The minimum absolute atomic E-state index is 0.0125. The molecule has 3 nitrogen and oxygen atoms in total. The maximum atomic E-state index is 13.2. The Hall–Kier alpha value is -1.46. The van der Waals surface area contributed by atoms with Crippen LogP contribution in [0.2, 0.25) is 0 Å². The summed E-state index contributed by atoms with van der Waals surface area (Å²) in [7, 11) is 0. The standard InChI is InChI=1S/C9H7F2NO2/c10-7-3-8(11)9-5(1-2-13-9)6(7)4-14-12/h1-3H,4,12H2. The molecule has 1 aromatic heterocycles. The summed E-state index contributed by atoms with van der Waals surface area (Å²) >= 11 is 0. The number of fused-ring (bicyclic) bond motifs is 1. The van der Waals surface area contributed by atoms with Crippen molar-refractivity contribution in [1.82, 2.24) is 0 Å². The van der Waals surface area contributed by atoms with Crippen molar-refractivity contribution in [3.63, 3.8) is 0 Å². The fourth-order valence-electron chi connectivity index (χ4n) is 1.35. The first-order valence-corrected chi connectivity index (χ1v) is 3.90. The lowest BCUT2D eigenvalue weighted by Gasteiger charge is -2.02. The van der Waals surface area contributed by atoms with Gasteiger partial charge in [-0.15, -0.1) is 0 Å². The largest absolute Gasteiger partial charge is 0.461 e. The van der Waals surface area contributed by atoms with Gasteiger partial charge in [0.1, 0.15) is 5.82 Å². The zero-order valence-corrected chi connectivity index (χ0v) is 7.09. The first-order chi connectivity index (χ1) is 6.74. The van der Waals surface area contributed by atoms with Crippen molar-refractivity contribution in [3.8, 4) is 0 Å². The highest BCUT2D eigenvalue weighted by Crippen LogP contribution is 2.25. The molecule has 0 atom stereocenters. The van der Waals surface area contributed by atoms with Crippen LogP contribution in [0.25, 0.3) is 11.0 Å². The molecule has 0 saturated heterocycles. The number of nitrogens with two attached hydrogens (primary N) is 1. The summed E-state index contributed by atoms with van der Waals surface area (Å²) in [5.41, 5.74) is 0.205. The zero-order valence-electron chi connectivity index (χ0n) is 7.09. The van der Waals surface area contributed by atoms with Gasteiger partial charge in [0.2, 0.25) is 0 Å². The molecular weight excluding hydrogens is 192 g/mol. The van der Waals surface area contributed by atoms with Crippen molar-refractivity contribution in [2.24, 2.45) is 5.90 Å². The maximum Gasteiger partial charge on any atom is 0.170 e. The molecule has 0 bridgehead atoms. The first kappa shape index (κ1) is 9.11. The van der Waals surface area contributed by atoms with E-state index < -0.39 is 11.6 Å². The summed E-state index contributed by atoms with van der Waals surface area (Å²) in [6.07, 6.45) is 1.28. The van der Waals surface area contributed by atoms with E-state index in [0.717, 1.165) is 6.07 Å². The minimum atomic E-state index is -0.733. The molecule has 1 heterocycles. The van der Waals surface area contributed by atoms with Crippen LogP contribution in [-0.4, -0.2) is 0 Å². The average Bonchev–Trinajstić information content (AvgIpc) is 2.60. The van der Waals surface area contributed by atoms with Crippen LogP contribution in [0.5, 0.6) is 0 Å². The SMILES string of the molecule is NOCc1c(F)cc(F)c2occc12. The van der Waals surface area contributed by atoms with Crippen LogP contribution in [0.1, 0.15) is 5.56 Å². The van der Waals surface area contributed by atoms with E-state index in [0.29, 0.717) is 5.39 Å². The van der Waals surface area contributed by atoms with Gasteiger partial charge in [-0.25, -0.2) is 14.7 Å². The Balaban J connectivity index is 2.73. The molecule has 2 rings (SSSR count). The van der Waals surface area contributed by atoms with Crippen molar-refractivity contribution in [3.05, 3.63) is 35.6 Å². The summed E-state index contributed by atoms with van der Waals surface area (Å²) in [6, 6.07) is 2.22. The van der Waals surface area contributed by atoms with Crippen molar-refractivity contribution in [1.29, 1.82) is 0 Å². The molecule has 0 aliphatic heterocycles.